The summed E-state index contributed by atoms with van der Waals surface area (Å²) in [6.07, 6.45) is 10.7. The summed E-state index contributed by atoms with van der Waals surface area (Å²) in [5.74, 6) is 1.38. The predicted molar refractivity (Wildman–Crippen MR) is 142 cm³/mol. The molecule has 0 unspecified atom stereocenters. The molecule has 2 saturated carbocycles. The fraction of sp³-hybridized carbons (Fsp3) is 0.296. The maximum absolute atomic E-state index is 10.7. The van der Waals surface area contributed by atoms with E-state index in [1.54, 1.807) is 36.7 Å². The first-order chi connectivity index (χ1) is 18.4. The molecule has 0 bridgehead atoms. The topological polar surface area (TPSA) is 176 Å². The maximum Gasteiger partial charge on any atom is 0.357 e. The van der Waals surface area contributed by atoms with Crippen molar-refractivity contribution < 1.29 is 49.7 Å². The molecule has 0 aromatic carbocycles. The van der Waals surface area contributed by atoms with Crippen LogP contribution in [-0.2, 0) is 21.1 Å². The molecule has 4 N–H and O–H groups in total. The van der Waals surface area contributed by atoms with Gasteiger partial charge in [-0.25, -0.2) is 29.5 Å². The zero-order chi connectivity index (χ0) is 26.5. The van der Waals surface area contributed by atoms with Gasteiger partial charge < -0.3 is 37.1 Å². The first kappa shape index (κ1) is 30.5. The fourth-order valence-corrected chi connectivity index (χ4v) is 3.47. The number of anilines is 2. The van der Waals surface area contributed by atoms with Crippen molar-refractivity contribution in [2.24, 2.45) is 11.8 Å². The van der Waals surface area contributed by atoms with E-state index in [1.807, 2.05) is 0 Å². The number of aromatic nitrogens is 4. The first-order valence-corrected chi connectivity index (χ1v) is 12.2. The molecule has 4 heterocycles. The van der Waals surface area contributed by atoms with E-state index < -0.39 is 11.9 Å². The third-order valence-electron chi connectivity index (χ3n) is 6.00. The number of nitrogens with zero attached hydrogens (tertiary/aromatic N) is 4. The van der Waals surface area contributed by atoms with Gasteiger partial charge in [-0.05, 0) is 61.8 Å². The summed E-state index contributed by atoms with van der Waals surface area (Å²) in [5.41, 5.74) is 1.22. The molecule has 2 aliphatic rings. The number of carboxylic acid groups (broad SMARTS) is 2. The Balaban J connectivity index is 0.000000210. The maximum atomic E-state index is 10.7. The SMILES string of the molecule is O=C(O)c1coc(-c2ccnc(NCC3CC3)c2)n1.O=C(O)c1coc(-c2ccnc(NCC3CC3)c2)n1.[CH3-].[W]. The van der Waals surface area contributed by atoms with Crippen molar-refractivity contribution in [2.75, 3.05) is 23.7 Å². The number of nitrogens with one attached hydrogen (secondary N) is 2. The van der Waals surface area contributed by atoms with Crippen molar-refractivity contribution >= 4 is 23.6 Å². The molecule has 0 spiro atoms. The molecule has 4 aromatic rings. The van der Waals surface area contributed by atoms with Crippen LogP contribution in [0.4, 0.5) is 11.6 Å². The number of pyridine rings is 2. The van der Waals surface area contributed by atoms with Crippen LogP contribution in [-0.4, -0.2) is 55.2 Å². The number of hydrogen-bond donors (Lipinski definition) is 4. The minimum Gasteiger partial charge on any atom is -0.476 e. The zero-order valence-corrected chi connectivity index (χ0v) is 24.7. The molecule has 0 aliphatic heterocycles. The van der Waals surface area contributed by atoms with Gasteiger partial charge in [-0.15, -0.1) is 0 Å². The molecule has 2 aliphatic carbocycles. The van der Waals surface area contributed by atoms with Gasteiger partial charge >= 0.3 is 11.9 Å². The minimum absolute atomic E-state index is 0. The van der Waals surface area contributed by atoms with Crippen molar-refractivity contribution in [3.63, 3.8) is 0 Å². The van der Waals surface area contributed by atoms with Crippen molar-refractivity contribution in [2.45, 2.75) is 25.7 Å². The van der Waals surface area contributed by atoms with Gasteiger partial charge in [0.1, 0.15) is 24.2 Å². The number of carboxylic acids is 2. The van der Waals surface area contributed by atoms with E-state index in [2.05, 4.69) is 30.6 Å². The van der Waals surface area contributed by atoms with Gasteiger partial charge in [0.2, 0.25) is 11.8 Å². The van der Waals surface area contributed by atoms with E-state index >= 15 is 0 Å². The van der Waals surface area contributed by atoms with Crippen molar-refractivity contribution in [1.82, 2.24) is 19.9 Å². The Morgan fingerprint density at radius 2 is 1.18 bits per heavy atom. The van der Waals surface area contributed by atoms with Crippen LogP contribution in [0.15, 0.2) is 58.0 Å². The molecule has 0 radical (unpaired) electrons. The normalized spacial score (nSPS) is 13.6. The monoisotopic (exact) mass is 717 g/mol. The van der Waals surface area contributed by atoms with E-state index in [1.165, 1.54) is 25.7 Å². The molecule has 12 nitrogen and oxygen atoms in total. The third-order valence-corrected chi connectivity index (χ3v) is 6.00. The smallest absolute Gasteiger partial charge is 0.357 e. The van der Waals surface area contributed by atoms with E-state index in [4.69, 9.17) is 19.0 Å². The number of hydrogen-bond acceptors (Lipinski definition) is 10. The molecule has 0 atom stereocenters. The van der Waals surface area contributed by atoms with Gasteiger partial charge in [0.05, 0.1) is 0 Å². The largest absolute Gasteiger partial charge is 0.476 e. The van der Waals surface area contributed by atoms with Gasteiger partial charge in [0.15, 0.2) is 11.4 Å². The second-order valence-corrected chi connectivity index (χ2v) is 9.19. The van der Waals surface area contributed by atoms with Crippen LogP contribution in [0.2, 0.25) is 0 Å². The number of aromatic carboxylic acids is 2. The Morgan fingerprint density at radius 3 is 1.50 bits per heavy atom. The Kier molecular flexibility index (Phi) is 10.5. The molecular weight excluding hydrogens is 688 g/mol. The van der Waals surface area contributed by atoms with Crippen LogP contribution in [0.5, 0.6) is 0 Å². The van der Waals surface area contributed by atoms with E-state index in [9.17, 15) is 9.59 Å². The van der Waals surface area contributed by atoms with Crippen LogP contribution in [0.3, 0.4) is 0 Å². The van der Waals surface area contributed by atoms with Gasteiger partial charge in [0.25, 0.3) is 0 Å². The quantitative estimate of drug-likeness (QED) is 0.163. The van der Waals surface area contributed by atoms with Gasteiger partial charge in [-0.1, -0.05) is 0 Å². The fourth-order valence-electron chi connectivity index (χ4n) is 3.47. The Bertz CT molecular complexity index is 1320. The molecule has 0 saturated heterocycles. The van der Waals surface area contributed by atoms with Crippen molar-refractivity contribution in [3.8, 4) is 22.9 Å². The third kappa shape index (κ3) is 8.47. The van der Waals surface area contributed by atoms with Crippen molar-refractivity contribution in [3.05, 3.63) is 68.0 Å². The van der Waals surface area contributed by atoms with Crippen LogP contribution >= 0.6 is 0 Å². The summed E-state index contributed by atoms with van der Waals surface area (Å²) in [5, 5.41) is 24.1. The summed E-state index contributed by atoms with van der Waals surface area (Å²) in [6.45, 7) is 1.84. The van der Waals surface area contributed by atoms with E-state index in [-0.39, 0.29) is 51.7 Å². The molecule has 0 amide bonds. The summed E-state index contributed by atoms with van der Waals surface area (Å²) in [7, 11) is 0. The van der Waals surface area contributed by atoms with Gasteiger partial charge in [0, 0.05) is 57.7 Å². The molecule has 13 heteroatoms. The van der Waals surface area contributed by atoms with Gasteiger partial charge in [-0.3, -0.25) is 0 Å². The van der Waals surface area contributed by atoms with E-state index in [0.717, 1.165) is 49.1 Å². The molecule has 210 valence electrons. The number of oxazole rings is 2. The molecule has 2 fully saturated rings. The summed E-state index contributed by atoms with van der Waals surface area (Å²) in [4.78, 5) is 37.7. The first-order valence-electron chi connectivity index (χ1n) is 12.2. The minimum atomic E-state index is -1.10. The molecular formula is C27H29N6O6W-. The summed E-state index contributed by atoms with van der Waals surface area (Å²) < 4.78 is 10.3. The number of rotatable bonds is 10. The average molecular weight is 717 g/mol. The standard InChI is InChI=1S/2C13H13N3O3.CH3.W/c2*17-13(18)10-7-19-12(16-10)9-3-4-14-11(5-9)15-6-8-1-2-8;;/h2*3-5,7-8H,1-2,6H2,(H,14,15)(H,17,18);1H3;/q;;-1;. The van der Waals surface area contributed by atoms with E-state index in [0.29, 0.717) is 11.1 Å². The molecule has 4 aromatic heterocycles. The molecule has 6 rings (SSSR count). The summed E-state index contributed by atoms with van der Waals surface area (Å²) >= 11 is 0. The Hall–Kier alpha value is -4.05. The zero-order valence-electron chi connectivity index (χ0n) is 21.7. The van der Waals surface area contributed by atoms with Gasteiger partial charge in [-0.2, -0.15) is 0 Å². The Labute approximate surface area is 244 Å². The Morgan fingerprint density at radius 1 is 0.775 bits per heavy atom. The van der Waals surface area contributed by atoms with Crippen LogP contribution in [0, 0.1) is 19.3 Å². The second-order valence-electron chi connectivity index (χ2n) is 9.19. The number of carbonyl (C=O) groups is 2. The van der Waals surface area contributed by atoms with Crippen LogP contribution < -0.4 is 10.6 Å². The summed E-state index contributed by atoms with van der Waals surface area (Å²) in [6, 6.07) is 7.08. The predicted octanol–water partition coefficient (Wildman–Crippen LogP) is 4.96. The van der Waals surface area contributed by atoms with Crippen LogP contribution in [0.1, 0.15) is 46.7 Å². The van der Waals surface area contributed by atoms with Crippen LogP contribution in [0.25, 0.3) is 22.9 Å². The molecule has 40 heavy (non-hydrogen) atoms. The second kappa shape index (κ2) is 13.8. The average Bonchev–Trinajstić information content (AvgIpc) is 3.83. The van der Waals surface area contributed by atoms with Crippen molar-refractivity contribution in [1.29, 1.82) is 0 Å².